The lowest BCUT2D eigenvalue weighted by Crippen LogP contribution is -2.59. The molecule has 2 aromatic carbocycles. The molecule has 0 spiro atoms. The molecule has 29 heteroatoms. The summed E-state index contributed by atoms with van der Waals surface area (Å²) < 4.78 is 0. The monoisotopic (exact) mass is 1300 g/mol. The van der Waals surface area contributed by atoms with Gasteiger partial charge in [-0.3, -0.25) is 72.3 Å². The number of nitrogens with two attached hydrogens (primary N) is 2. The van der Waals surface area contributed by atoms with Gasteiger partial charge in [-0.25, -0.2) is 0 Å². The number of nitrogens with one attached hydrogen (secondary N) is 5. The van der Waals surface area contributed by atoms with Crippen LogP contribution in [0.1, 0.15) is 80.5 Å². The van der Waals surface area contributed by atoms with Crippen molar-refractivity contribution in [1.82, 2.24) is 56.0 Å². The number of amides is 9. The number of carboxylic acid groups (broad SMARTS) is 2. The van der Waals surface area contributed by atoms with Crippen LogP contribution in [0.15, 0.2) is 48.5 Å². The maximum Gasteiger partial charge on any atom is 0.317 e. The summed E-state index contributed by atoms with van der Waals surface area (Å²) in [6.45, 7) is 5.15. The van der Waals surface area contributed by atoms with Crippen molar-refractivity contribution in [3.8, 4) is 0 Å². The Morgan fingerprint density at radius 3 is 1.76 bits per heavy atom. The molecule has 9 amide bonds. The Labute approximate surface area is 533 Å². The van der Waals surface area contributed by atoms with Gasteiger partial charge in [0, 0.05) is 132 Å². The molecular weight excluding hydrogens is 1210 g/mol. The zero-order valence-electron chi connectivity index (χ0n) is 50.9. The number of carboxylic acids is 2. The molecule has 2 aromatic rings. The minimum absolute atomic E-state index is 0.0114. The minimum Gasteiger partial charge on any atom is -0.480 e. The van der Waals surface area contributed by atoms with E-state index in [-0.39, 0.29) is 82.5 Å². The summed E-state index contributed by atoms with van der Waals surface area (Å²) in [6, 6.07) is 10.4. The molecule has 0 unspecified atom stereocenters. The first-order chi connectivity index (χ1) is 42.7. The fraction of sp³-hybridized carbons (Fsp3) is 0.617. The van der Waals surface area contributed by atoms with E-state index in [1.807, 2.05) is 35.2 Å². The van der Waals surface area contributed by atoms with Crippen LogP contribution in [0.25, 0.3) is 0 Å². The zero-order valence-corrected chi connectivity index (χ0v) is 53.3. The number of primary amides is 2. The molecule has 3 fully saturated rings. The van der Waals surface area contributed by atoms with Crippen LogP contribution in [0.3, 0.4) is 0 Å². The van der Waals surface area contributed by atoms with Gasteiger partial charge in [0.25, 0.3) is 0 Å². The summed E-state index contributed by atoms with van der Waals surface area (Å²) in [5.41, 5.74) is 14.9. The number of fused-ring (bicyclic) bond motifs is 4. The Kier molecular flexibility index (Phi) is 30.2. The summed E-state index contributed by atoms with van der Waals surface area (Å²) >= 11 is 4.85. The van der Waals surface area contributed by atoms with Crippen LogP contribution in [-0.2, 0) is 76.4 Å². The van der Waals surface area contributed by atoms with Crippen LogP contribution in [0.5, 0.6) is 0 Å². The van der Waals surface area contributed by atoms with Crippen LogP contribution in [-0.4, -0.2) is 257 Å². The van der Waals surface area contributed by atoms with Crippen LogP contribution >= 0.6 is 35.3 Å². The second-order valence-electron chi connectivity index (χ2n) is 22.8. The van der Waals surface area contributed by atoms with Crippen LogP contribution in [0.4, 0.5) is 0 Å². The number of benzene rings is 2. The van der Waals surface area contributed by atoms with Gasteiger partial charge in [-0.05, 0) is 60.8 Å². The normalized spacial score (nSPS) is 23.0. The van der Waals surface area contributed by atoms with Gasteiger partial charge in [0.15, 0.2) is 0 Å². The lowest BCUT2D eigenvalue weighted by Gasteiger charge is -2.33. The zero-order chi connectivity index (χ0) is 64.2. The smallest absolute Gasteiger partial charge is 0.317 e. The molecule has 0 aromatic heterocycles. The largest absolute Gasteiger partial charge is 0.480 e. The van der Waals surface area contributed by atoms with Gasteiger partial charge in [-0.1, -0.05) is 55.5 Å². The highest BCUT2D eigenvalue weighted by Crippen LogP contribution is 2.28. The molecule has 6 rings (SSSR count). The highest BCUT2D eigenvalue weighted by molar-refractivity contribution is 7.99. The van der Waals surface area contributed by atoms with E-state index in [9.17, 15) is 63.0 Å². The Hall–Kier alpha value is -6.50. The van der Waals surface area contributed by atoms with E-state index in [0.717, 1.165) is 22.3 Å². The number of hydrogen-bond acceptors (Lipinski definition) is 18. The molecule has 0 aliphatic carbocycles. The maximum atomic E-state index is 14.3. The second-order valence-corrected chi connectivity index (χ2v) is 26.1. The van der Waals surface area contributed by atoms with E-state index >= 15 is 0 Å². The number of carbonyl (C=O) groups is 11. The van der Waals surface area contributed by atoms with Gasteiger partial charge in [-0.2, -0.15) is 35.3 Å². The molecule has 4 aliphatic heterocycles. The van der Waals surface area contributed by atoms with Gasteiger partial charge in [-0.15, -0.1) is 0 Å². The fourth-order valence-corrected chi connectivity index (χ4v) is 13.7. The number of rotatable bonds is 19. The average molecular weight is 1300 g/mol. The highest BCUT2D eigenvalue weighted by Gasteiger charge is 2.43. The lowest BCUT2D eigenvalue weighted by molar-refractivity contribution is -0.146. The maximum absolute atomic E-state index is 14.3. The minimum atomic E-state index is -1.31. The third kappa shape index (κ3) is 25.0. The average Bonchev–Trinajstić information content (AvgIpc) is 3.26. The van der Waals surface area contributed by atoms with Crippen molar-refractivity contribution < 1.29 is 63.0 Å². The van der Waals surface area contributed by atoms with Crippen molar-refractivity contribution in [3.05, 3.63) is 70.8 Å². The molecule has 26 nitrogen and oxygen atoms in total. The van der Waals surface area contributed by atoms with Crippen LogP contribution in [0, 0.1) is 0 Å². The summed E-state index contributed by atoms with van der Waals surface area (Å²) in [5, 5.41) is 33.5. The van der Waals surface area contributed by atoms with Crippen molar-refractivity contribution >= 4 is 100 Å². The molecular formula is C60H89N13O13S3. The number of aliphatic carboxylic acids is 2. The molecule has 2 bridgehead atoms. The summed E-state index contributed by atoms with van der Waals surface area (Å²) in [7, 11) is 0. The van der Waals surface area contributed by atoms with E-state index in [1.54, 1.807) is 61.8 Å². The SMILES string of the molecule is CC[C@@H]1NC(=O)[C@@H]2CCCN2C(=O)[C@@H]2CCCN2C(=O)CCSCc2cc(CSCCNC(=O)CN3CCN(CC(=O)O)CCN(CC(N)=O)CCN(CC(=O)O)CC3)cc(c2)CSCCNC(=O)[C@H](Cc2ccccc2)NC(=O)[C@H](CCC(N)=O)NC1=O. The Morgan fingerprint density at radius 1 is 0.618 bits per heavy atom. The topological polar surface area (TPSA) is 360 Å². The summed E-state index contributed by atoms with van der Waals surface area (Å²) in [6.07, 6.45) is 1.99. The number of thioether (sulfide) groups is 3. The van der Waals surface area contributed by atoms with Crippen molar-refractivity contribution in [2.45, 2.75) is 112 Å². The second kappa shape index (κ2) is 37.6. The van der Waals surface area contributed by atoms with Crippen molar-refractivity contribution in [2.24, 2.45) is 11.5 Å². The first-order valence-electron chi connectivity index (χ1n) is 30.6. The van der Waals surface area contributed by atoms with E-state index in [0.29, 0.717) is 132 Å². The number of hydrogen-bond donors (Lipinski definition) is 9. The van der Waals surface area contributed by atoms with Gasteiger partial charge >= 0.3 is 11.9 Å². The first-order valence-corrected chi connectivity index (χ1v) is 34.1. The fourth-order valence-electron chi connectivity index (χ4n) is 11.3. The molecule has 3 saturated heterocycles. The van der Waals surface area contributed by atoms with E-state index < -0.39 is 77.6 Å². The van der Waals surface area contributed by atoms with Gasteiger partial charge in [0.1, 0.15) is 30.2 Å². The van der Waals surface area contributed by atoms with Crippen LogP contribution < -0.4 is 38.1 Å². The Bertz CT molecular complexity index is 2720. The van der Waals surface area contributed by atoms with Gasteiger partial charge in [0.2, 0.25) is 53.2 Å². The van der Waals surface area contributed by atoms with Gasteiger partial charge in [0.05, 0.1) is 26.2 Å². The molecule has 5 atom stereocenters. The molecule has 4 heterocycles. The van der Waals surface area contributed by atoms with Crippen molar-refractivity contribution in [3.63, 3.8) is 0 Å². The molecule has 89 heavy (non-hydrogen) atoms. The molecule has 11 N–H and O–H groups in total. The van der Waals surface area contributed by atoms with Crippen LogP contribution in [0.2, 0.25) is 0 Å². The Balaban J connectivity index is 1.13. The predicted molar refractivity (Wildman–Crippen MR) is 340 cm³/mol. The standard InChI is InChI=1S/C60H89N13O13S3/c1-2-45-57(83)66-46(12-13-50(61)74)58(84)67-47(33-41-8-4-3-5-9-41)56(82)64-16-29-89-40-44-31-42(38-87-27-14-53(77)72-17-7-11-49(72)60(86)73-18-6-10-48(73)59(85)65-45)30-43(32-44)39-88-28-15-63-52(76)35-69-21-25-70(36-54(78)79)23-19-68(34-51(62)75)20-24-71(26-22-69)37-55(80)81/h3-5,8-9,30-32,45-49H,2,6-7,10-29,33-40H2,1H3,(H2,61,74)(H2,62,75)(H,63,76)(H,64,82)(H,65,85)(H,66,83)(H,67,84)(H,78,79)(H,80,81)/t45-,46-,47-,48-,49-/m0/s1. The Morgan fingerprint density at radius 2 is 1.17 bits per heavy atom. The van der Waals surface area contributed by atoms with Gasteiger partial charge < -0.3 is 58.1 Å². The predicted octanol–water partition coefficient (Wildman–Crippen LogP) is -0.747. The van der Waals surface area contributed by atoms with Crippen molar-refractivity contribution in [2.75, 3.05) is 122 Å². The van der Waals surface area contributed by atoms with E-state index in [1.165, 1.54) is 4.90 Å². The lowest BCUT2D eigenvalue weighted by atomic mass is 10.0. The molecule has 0 radical (unpaired) electrons. The molecule has 0 saturated carbocycles. The van der Waals surface area contributed by atoms with Crippen molar-refractivity contribution in [1.29, 1.82) is 0 Å². The third-order valence-electron chi connectivity index (χ3n) is 15.9. The number of carbonyl (C=O) groups excluding carboxylic acids is 9. The van der Waals surface area contributed by atoms with E-state index in [2.05, 4.69) is 44.8 Å². The quantitative estimate of drug-likeness (QED) is 0.0782. The summed E-state index contributed by atoms with van der Waals surface area (Å²) in [4.78, 5) is 155. The summed E-state index contributed by atoms with van der Waals surface area (Å²) in [5.74, 6) is -2.99. The first kappa shape index (κ1) is 71.6. The third-order valence-corrected chi connectivity index (χ3v) is 18.9. The van der Waals surface area contributed by atoms with E-state index in [4.69, 9.17) is 11.5 Å². The molecule has 4 aliphatic rings. The molecule has 490 valence electrons. The number of nitrogens with zero attached hydrogens (tertiary/aromatic N) is 6. The highest BCUT2D eigenvalue weighted by atomic mass is 32.2.